The molecule has 2 aromatic rings. The minimum Gasteiger partial charge on any atom is -0.460 e. The van der Waals surface area contributed by atoms with Gasteiger partial charge in [0.2, 0.25) is 5.82 Å². The van der Waals surface area contributed by atoms with Gasteiger partial charge in [-0.25, -0.2) is 9.78 Å². The lowest BCUT2D eigenvalue weighted by Gasteiger charge is -2.02. The number of halogens is 1. The molecule has 94 valence electrons. The molecule has 0 atom stereocenters. The molecule has 1 heterocycles. The monoisotopic (exact) mass is 357 g/mol. The third kappa shape index (κ3) is 2.53. The van der Waals surface area contributed by atoms with Crippen molar-refractivity contribution in [2.75, 3.05) is 6.61 Å². The second-order valence-electron chi connectivity index (χ2n) is 3.66. The third-order valence-corrected chi connectivity index (χ3v) is 3.82. The Bertz CT molecular complexity index is 580. The molecule has 1 aromatic heterocycles. The van der Waals surface area contributed by atoms with Gasteiger partial charge in [-0.3, -0.25) is 5.10 Å². The number of benzene rings is 1. The molecule has 0 saturated heterocycles. The van der Waals surface area contributed by atoms with E-state index < -0.39 is 5.97 Å². The average Bonchev–Trinajstić information content (AvgIpc) is 2.82. The summed E-state index contributed by atoms with van der Waals surface area (Å²) in [5, 5.41) is 6.65. The van der Waals surface area contributed by atoms with Crippen molar-refractivity contribution in [1.29, 1.82) is 0 Å². The van der Waals surface area contributed by atoms with Crippen molar-refractivity contribution < 1.29 is 9.53 Å². The maximum atomic E-state index is 11.5. The fourth-order valence-corrected chi connectivity index (χ4v) is 2.09. The Labute approximate surface area is 118 Å². The summed E-state index contributed by atoms with van der Waals surface area (Å²) >= 11 is 2.24. The quantitative estimate of drug-likeness (QED) is 0.677. The number of hydrogen-bond donors (Lipinski definition) is 1. The second-order valence-corrected chi connectivity index (χ2v) is 4.74. The van der Waals surface area contributed by atoms with E-state index in [2.05, 4.69) is 37.8 Å². The number of carbonyl (C=O) groups is 1. The summed E-state index contributed by atoms with van der Waals surface area (Å²) in [6, 6.07) is 5.88. The van der Waals surface area contributed by atoms with Crippen LogP contribution in [0.1, 0.15) is 23.1 Å². The zero-order valence-corrected chi connectivity index (χ0v) is 12.2. The van der Waals surface area contributed by atoms with Crippen molar-refractivity contribution in [3.05, 3.63) is 33.2 Å². The number of nitrogens with one attached hydrogen (secondary N) is 1. The van der Waals surface area contributed by atoms with E-state index in [1.165, 1.54) is 0 Å². The molecular weight excluding hydrogens is 345 g/mol. The van der Waals surface area contributed by atoms with Crippen LogP contribution in [0.15, 0.2) is 18.2 Å². The van der Waals surface area contributed by atoms with E-state index in [1.54, 1.807) is 6.92 Å². The van der Waals surface area contributed by atoms with Crippen LogP contribution in [0.4, 0.5) is 0 Å². The van der Waals surface area contributed by atoms with E-state index in [-0.39, 0.29) is 5.82 Å². The van der Waals surface area contributed by atoms with E-state index in [9.17, 15) is 4.79 Å². The Hall–Kier alpha value is -1.44. The molecule has 6 heteroatoms. The van der Waals surface area contributed by atoms with E-state index >= 15 is 0 Å². The number of aromatic amines is 1. The van der Waals surface area contributed by atoms with Crippen LogP contribution >= 0.6 is 22.6 Å². The summed E-state index contributed by atoms with van der Waals surface area (Å²) in [7, 11) is 0. The SMILES string of the molecule is CCOC(=O)c1nc(-c2cccc(C)c2I)n[nH]1. The van der Waals surface area contributed by atoms with Crippen LogP contribution in [0.25, 0.3) is 11.4 Å². The number of ether oxygens (including phenoxy) is 1. The number of hydrogen-bond acceptors (Lipinski definition) is 4. The van der Waals surface area contributed by atoms with E-state index in [4.69, 9.17) is 4.74 Å². The molecule has 1 aromatic carbocycles. The van der Waals surface area contributed by atoms with Gasteiger partial charge in [-0.2, -0.15) is 5.10 Å². The molecule has 5 nitrogen and oxygen atoms in total. The molecule has 18 heavy (non-hydrogen) atoms. The molecule has 0 aliphatic rings. The van der Waals surface area contributed by atoms with E-state index in [0.717, 1.165) is 14.7 Å². The van der Waals surface area contributed by atoms with Gasteiger partial charge in [-0.1, -0.05) is 18.2 Å². The van der Waals surface area contributed by atoms with Crippen LogP contribution < -0.4 is 0 Å². The van der Waals surface area contributed by atoms with Crippen LogP contribution in [0.3, 0.4) is 0 Å². The van der Waals surface area contributed by atoms with Gasteiger partial charge in [0.25, 0.3) is 0 Å². The highest BCUT2D eigenvalue weighted by atomic mass is 127. The second kappa shape index (κ2) is 5.47. The Morgan fingerprint density at radius 3 is 3.00 bits per heavy atom. The molecule has 1 N–H and O–H groups in total. The average molecular weight is 357 g/mol. The molecule has 0 radical (unpaired) electrons. The van der Waals surface area contributed by atoms with E-state index in [1.807, 2.05) is 25.1 Å². The number of rotatable bonds is 3. The molecule has 0 aliphatic carbocycles. The van der Waals surface area contributed by atoms with Crippen molar-refractivity contribution in [1.82, 2.24) is 15.2 Å². The first-order valence-corrected chi connectivity index (χ1v) is 6.56. The highest BCUT2D eigenvalue weighted by molar-refractivity contribution is 14.1. The summed E-state index contributed by atoms with van der Waals surface area (Å²) < 4.78 is 5.93. The van der Waals surface area contributed by atoms with Crippen LogP contribution in [0, 0.1) is 10.5 Å². The molecule has 0 saturated carbocycles. The highest BCUT2D eigenvalue weighted by Crippen LogP contribution is 2.24. The van der Waals surface area contributed by atoms with Gasteiger partial charge >= 0.3 is 5.97 Å². The van der Waals surface area contributed by atoms with Crippen molar-refractivity contribution >= 4 is 28.6 Å². The summed E-state index contributed by atoms with van der Waals surface area (Å²) in [5.41, 5.74) is 2.05. The number of H-pyrrole nitrogens is 1. The summed E-state index contributed by atoms with van der Waals surface area (Å²) in [6.45, 7) is 4.08. The van der Waals surface area contributed by atoms with Gasteiger partial charge in [-0.15, -0.1) is 0 Å². The van der Waals surface area contributed by atoms with Crippen molar-refractivity contribution in [3.63, 3.8) is 0 Å². The highest BCUT2D eigenvalue weighted by Gasteiger charge is 2.15. The van der Waals surface area contributed by atoms with Crippen molar-refractivity contribution in [3.8, 4) is 11.4 Å². The fraction of sp³-hybridized carbons (Fsp3) is 0.250. The molecule has 0 unspecified atom stereocenters. The zero-order valence-electron chi connectivity index (χ0n) is 10.0. The largest absolute Gasteiger partial charge is 0.460 e. The number of aryl methyl sites for hydroxylation is 1. The Morgan fingerprint density at radius 2 is 2.28 bits per heavy atom. The minimum absolute atomic E-state index is 0.129. The van der Waals surface area contributed by atoms with Gasteiger partial charge in [0.15, 0.2) is 5.82 Å². The Kier molecular flexibility index (Phi) is 3.95. The maximum absolute atomic E-state index is 11.5. The first kappa shape index (κ1) is 13.0. The van der Waals surface area contributed by atoms with Crippen LogP contribution in [0.5, 0.6) is 0 Å². The lowest BCUT2D eigenvalue weighted by Crippen LogP contribution is -2.06. The van der Waals surface area contributed by atoms with Crippen LogP contribution in [-0.2, 0) is 4.74 Å². The predicted octanol–water partition coefficient (Wildman–Crippen LogP) is 2.56. The molecule has 0 amide bonds. The lowest BCUT2D eigenvalue weighted by atomic mass is 10.1. The first-order valence-electron chi connectivity index (χ1n) is 5.48. The maximum Gasteiger partial charge on any atom is 0.375 e. The van der Waals surface area contributed by atoms with Crippen LogP contribution in [-0.4, -0.2) is 27.8 Å². The Morgan fingerprint density at radius 1 is 1.50 bits per heavy atom. The molecule has 0 spiro atoms. The predicted molar refractivity (Wildman–Crippen MR) is 75.2 cm³/mol. The molecule has 0 bridgehead atoms. The van der Waals surface area contributed by atoms with Crippen LogP contribution in [0.2, 0.25) is 0 Å². The number of esters is 1. The smallest absolute Gasteiger partial charge is 0.375 e. The third-order valence-electron chi connectivity index (χ3n) is 2.39. The van der Waals surface area contributed by atoms with Gasteiger partial charge in [0.05, 0.1) is 6.61 Å². The van der Waals surface area contributed by atoms with Crippen molar-refractivity contribution in [2.24, 2.45) is 0 Å². The summed E-state index contributed by atoms with van der Waals surface area (Å²) in [6.07, 6.45) is 0. The first-order chi connectivity index (χ1) is 8.63. The molecule has 2 rings (SSSR count). The topological polar surface area (TPSA) is 67.9 Å². The van der Waals surface area contributed by atoms with Gasteiger partial charge in [0, 0.05) is 9.13 Å². The van der Waals surface area contributed by atoms with Gasteiger partial charge < -0.3 is 4.74 Å². The number of aromatic nitrogens is 3. The lowest BCUT2D eigenvalue weighted by molar-refractivity contribution is 0.0512. The molecule has 0 aliphatic heterocycles. The summed E-state index contributed by atoms with van der Waals surface area (Å²) in [5.74, 6) is 0.147. The van der Waals surface area contributed by atoms with Gasteiger partial charge in [0.1, 0.15) is 0 Å². The fourth-order valence-electron chi connectivity index (χ4n) is 1.49. The number of nitrogens with zero attached hydrogens (tertiary/aromatic N) is 2. The number of carbonyl (C=O) groups excluding carboxylic acids is 1. The van der Waals surface area contributed by atoms with Crippen molar-refractivity contribution in [2.45, 2.75) is 13.8 Å². The van der Waals surface area contributed by atoms with Gasteiger partial charge in [-0.05, 0) is 42.0 Å². The Balaban J connectivity index is 2.35. The summed E-state index contributed by atoms with van der Waals surface area (Å²) in [4.78, 5) is 15.6. The minimum atomic E-state index is -0.487. The molecular formula is C12H12IN3O2. The molecule has 0 fully saturated rings. The standard InChI is InChI=1S/C12H12IN3O2/c1-3-18-12(17)11-14-10(15-16-11)8-6-4-5-7(2)9(8)13/h4-6H,3H2,1-2H3,(H,14,15,16). The van der Waals surface area contributed by atoms with E-state index in [0.29, 0.717) is 12.4 Å². The zero-order chi connectivity index (χ0) is 13.1. The normalized spacial score (nSPS) is 10.4.